The smallest absolute Gasteiger partial charge is 0.161 e. The van der Waals surface area contributed by atoms with Crippen LogP contribution >= 0.6 is 0 Å². The molecule has 2 atom stereocenters. The summed E-state index contributed by atoms with van der Waals surface area (Å²) in [6, 6.07) is 5.76. The fourth-order valence-electron chi connectivity index (χ4n) is 2.34. The first kappa shape index (κ1) is 14.2. The molecule has 0 aromatic heterocycles. The average molecular weight is 265 g/mol. The summed E-state index contributed by atoms with van der Waals surface area (Å²) < 4.78 is 11.3. The minimum atomic E-state index is -0.526. The van der Waals surface area contributed by atoms with E-state index in [0.717, 1.165) is 36.4 Å². The van der Waals surface area contributed by atoms with Crippen molar-refractivity contribution in [2.45, 2.75) is 38.8 Å². The first-order chi connectivity index (χ1) is 9.26. The summed E-state index contributed by atoms with van der Waals surface area (Å²) >= 11 is 0. The molecule has 1 heterocycles. The van der Waals surface area contributed by atoms with Gasteiger partial charge in [0.1, 0.15) is 0 Å². The Balaban J connectivity index is 2.18. The van der Waals surface area contributed by atoms with Gasteiger partial charge in [-0.25, -0.2) is 0 Å². The molecule has 0 spiro atoms. The second-order valence-electron chi connectivity index (χ2n) is 4.77. The van der Waals surface area contributed by atoms with Crippen molar-refractivity contribution in [3.8, 4) is 11.5 Å². The molecule has 1 aromatic carbocycles. The van der Waals surface area contributed by atoms with Crippen LogP contribution in [0, 0.1) is 0 Å². The van der Waals surface area contributed by atoms with Gasteiger partial charge in [-0.1, -0.05) is 19.9 Å². The molecule has 0 fully saturated rings. The topological polar surface area (TPSA) is 50.7 Å². The fourth-order valence-corrected chi connectivity index (χ4v) is 2.34. The molecule has 2 rings (SSSR count). The molecule has 4 nitrogen and oxygen atoms in total. The van der Waals surface area contributed by atoms with E-state index < -0.39 is 6.10 Å². The van der Waals surface area contributed by atoms with Gasteiger partial charge in [0.2, 0.25) is 0 Å². The van der Waals surface area contributed by atoms with E-state index in [1.54, 1.807) is 0 Å². The average Bonchev–Trinajstić information content (AvgIpc) is 2.68. The molecule has 0 saturated heterocycles. The summed E-state index contributed by atoms with van der Waals surface area (Å²) in [5.74, 6) is 1.50. The third-order valence-electron chi connectivity index (χ3n) is 3.40. The van der Waals surface area contributed by atoms with E-state index in [4.69, 9.17) is 9.47 Å². The standard InChI is InChI=1S/C15H23NO3/c1-3-12(16-4-2)15(17)11-6-7-13-14(10-11)19-9-5-8-18-13/h6-7,10,12,15-17H,3-5,8-9H2,1-2H3. The lowest BCUT2D eigenvalue weighted by molar-refractivity contribution is 0.126. The minimum absolute atomic E-state index is 0.0646. The summed E-state index contributed by atoms with van der Waals surface area (Å²) in [6.07, 6.45) is 1.24. The highest BCUT2D eigenvalue weighted by molar-refractivity contribution is 5.44. The van der Waals surface area contributed by atoms with Crippen LogP contribution in [0.25, 0.3) is 0 Å². The van der Waals surface area contributed by atoms with Crippen LogP contribution in [-0.4, -0.2) is 30.9 Å². The Morgan fingerprint density at radius 1 is 1.21 bits per heavy atom. The second kappa shape index (κ2) is 6.78. The van der Waals surface area contributed by atoms with Crippen molar-refractivity contribution in [2.24, 2.45) is 0 Å². The maximum Gasteiger partial charge on any atom is 0.161 e. The van der Waals surface area contributed by atoms with Crippen molar-refractivity contribution in [1.82, 2.24) is 5.32 Å². The molecule has 1 aliphatic rings. The lowest BCUT2D eigenvalue weighted by atomic mass is 10.00. The zero-order chi connectivity index (χ0) is 13.7. The van der Waals surface area contributed by atoms with Gasteiger partial charge in [0.05, 0.1) is 19.3 Å². The Kier molecular flexibility index (Phi) is 5.05. The molecule has 0 radical (unpaired) electrons. The Morgan fingerprint density at radius 2 is 1.95 bits per heavy atom. The summed E-state index contributed by atoms with van der Waals surface area (Å²) in [5.41, 5.74) is 0.872. The number of aliphatic hydroxyl groups excluding tert-OH is 1. The van der Waals surface area contributed by atoms with E-state index in [2.05, 4.69) is 12.2 Å². The molecule has 106 valence electrons. The summed E-state index contributed by atoms with van der Waals surface area (Å²) in [4.78, 5) is 0. The summed E-state index contributed by atoms with van der Waals surface area (Å²) in [6.45, 7) is 6.31. The molecule has 0 bridgehead atoms. The quantitative estimate of drug-likeness (QED) is 0.857. The van der Waals surface area contributed by atoms with Crippen LogP contribution < -0.4 is 14.8 Å². The zero-order valence-corrected chi connectivity index (χ0v) is 11.7. The maximum atomic E-state index is 10.4. The number of likely N-dealkylation sites (N-methyl/N-ethyl adjacent to an activating group) is 1. The summed E-state index contributed by atoms with van der Waals surface area (Å²) in [5, 5.41) is 13.7. The molecular weight excluding hydrogens is 242 g/mol. The lowest BCUT2D eigenvalue weighted by Crippen LogP contribution is -2.34. The van der Waals surface area contributed by atoms with Gasteiger partial charge in [-0.15, -0.1) is 0 Å². The Labute approximate surface area is 114 Å². The highest BCUT2D eigenvalue weighted by Crippen LogP contribution is 2.33. The van der Waals surface area contributed by atoms with Crippen LogP contribution in [0.5, 0.6) is 11.5 Å². The number of nitrogens with one attached hydrogen (secondary N) is 1. The van der Waals surface area contributed by atoms with Gasteiger partial charge in [0.15, 0.2) is 11.5 Å². The first-order valence-corrected chi connectivity index (χ1v) is 7.07. The van der Waals surface area contributed by atoms with Crippen LogP contribution in [0.3, 0.4) is 0 Å². The zero-order valence-electron chi connectivity index (χ0n) is 11.7. The summed E-state index contributed by atoms with van der Waals surface area (Å²) in [7, 11) is 0. The molecule has 0 amide bonds. The van der Waals surface area contributed by atoms with Gasteiger partial charge < -0.3 is 19.9 Å². The molecule has 0 aliphatic carbocycles. The van der Waals surface area contributed by atoms with Gasteiger partial charge in [-0.3, -0.25) is 0 Å². The van der Waals surface area contributed by atoms with E-state index in [1.807, 2.05) is 25.1 Å². The van der Waals surface area contributed by atoms with Crippen LogP contribution in [0.4, 0.5) is 0 Å². The van der Waals surface area contributed by atoms with Crippen molar-refractivity contribution in [3.63, 3.8) is 0 Å². The van der Waals surface area contributed by atoms with Gasteiger partial charge >= 0.3 is 0 Å². The van der Waals surface area contributed by atoms with Crippen LogP contribution in [0.15, 0.2) is 18.2 Å². The monoisotopic (exact) mass is 265 g/mol. The molecule has 2 N–H and O–H groups in total. The van der Waals surface area contributed by atoms with E-state index in [9.17, 15) is 5.11 Å². The van der Waals surface area contributed by atoms with Crippen molar-refractivity contribution in [3.05, 3.63) is 23.8 Å². The molecule has 4 heteroatoms. The normalized spacial score (nSPS) is 17.6. The van der Waals surface area contributed by atoms with Crippen molar-refractivity contribution in [1.29, 1.82) is 0 Å². The highest BCUT2D eigenvalue weighted by atomic mass is 16.5. The third kappa shape index (κ3) is 3.39. The molecule has 19 heavy (non-hydrogen) atoms. The second-order valence-corrected chi connectivity index (χ2v) is 4.77. The number of ether oxygens (including phenoxy) is 2. The SMILES string of the molecule is CCNC(CC)C(O)c1ccc2c(c1)OCCCO2. The number of hydrogen-bond acceptors (Lipinski definition) is 4. The van der Waals surface area contributed by atoms with Crippen LogP contribution in [0.2, 0.25) is 0 Å². The minimum Gasteiger partial charge on any atom is -0.490 e. The number of rotatable bonds is 5. The van der Waals surface area contributed by atoms with Crippen LogP contribution in [0.1, 0.15) is 38.4 Å². The molecular formula is C15H23NO3. The third-order valence-corrected chi connectivity index (χ3v) is 3.40. The predicted molar refractivity (Wildman–Crippen MR) is 74.8 cm³/mol. The molecule has 1 aromatic rings. The van der Waals surface area contributed by atoms with E-state index in [0.29, 0.717) is 13.2 Å². The van der Waals surface area contributed by atoms with E-state index in [-0.39, 0.29) is 6.04 Å². The number of hydrogen-bond donors (Lipinski definition) is 2. The molecule has 2 unspecified atom stereocenters. The Morgan fingerprint density at radius 3 is 2.63 bits per heavy atom. The molecule has 1 aliphatic heterocycles. The van der Waals surface area contributed by atoms with Crippen molar-refractivity contribution < 1.29 is 14.6 Å². The number of fused-ring (bicyclic) bond motifs is 1. The van der Waals surface area contributed by atoms with Crippen LogP contribution in [-0.2, 0) is 0 Å². The fraction of sp³-hybridized carbons (Fsp3) is 0.600. The Bertz CT molecular complexity index is 408. The molecule has 0 saturated carbocycles. The number of benzene rings is 1. The van der Waals surface area contributed by atoms with E-state index >= 15 is 0 Å². The van der Waals surface area contributed by atoms with Crippen molar-refractivity contribution in [2.75, 3.05) is 19.8 Å². The Hall–Kier alpha value is -1.26. The number of aliphatic hydroxyl groups is 1. The largest absolute Gasteiger partial charge is 0.490 e. The van der Waals surface area contributed by atoms with Gasteiger partial charge in [0.25, 0.3) is 0 Å². The lowest BCUT2D eigenvalue weighted by Gasteiger charge is -2.23. The van der Waals surface area contributed by atoms with Gasteiger partial charge in [-0.2, -0.15) is 0 Å². The van der Waals surface area contributed by atoms with Crippen molar-refractivity contribution >= 4 is 0 Å². The maximum absolute atomic E-state index is 10.4. The van der Waals surface area contributed by atoms with Gasteiger partial charge in [0, 0.05) is 12.5 Å². The van der Waals surface area contributed by atoms with E-state index in [1.165, 1.54) is 0 Å². The highest BCUT2D eigenvalue weighted by Gasteiger charge is 2.20. The first-order valence-electron chi connectivity index (χ1n) is 7.07. The predicted octanol–water partition coefficient (Wildman–Crippen LogP) is 2.27. The van der Waals surface area contributed by atoms with Gasteiger partial charge in [-0.05, 0) is 30.7 Å².